The number of carbonyl (C=O) groups excluding carboxylic acids is 1. The van der Waals surface area contributed by atoms with Gasteiger partial charge in [0.1, 0.15) is 11.6 Å². The molecule has 1 amide bonds. The summed E-state index contributed by atoms with van der Waals surface area (Å²) >= 11 is 0. The highest BCUT2D eigenvalue weighted by Gasteiger charge is 2.32. The summed E-state index contributed by atoms with van der Waals surface area (Å²) in [6, 6.07) is 2.02. The Morgan fingerprint density at radius 3 is 3.06 bits per heavy atom. The molecule has 1 aliphatic heterocycles. The zero-order chi connectivity index (χ0) is 13.1. The number of aliphatic hydroxyl groups excluding tert-OH is 1. The number of hydrogen-bond acceptors (Lipinski definition) is 4. The van der Waals surface area contributed by atoms with E-state index in [1.54, 1.807) is 11.0 Å². The normalized spacial score (nSPS) is 19.0. The third-order valence-electron chi connectivity index (χ3n) is 2.99. The Morgan fingerprint density at radius 1 is 1.72 bits per heavy atom. The van der Waals surface area contributed by atoms with Crippen LogP contribution in [-0.2, 0) is 11.3 Å². The standard InChI is InChI=1S/C12H14N4O2/c1-2-9-5-11(18)15(8-9)12-10(6-13)7-14-16(12)3-4-17/h2,7,9,17H,1,3-5,8H2. The van der Waals surface area contributed by atoms with Crippen LogP contribution in [0.1, 0.15) is 12.0 Å². The highest BCUT2D eigenvalue weighted by atomic mass is 16.3. The van der Waals surface area contributed by atoms with Crippen LogP contribution in [0.2, 0.25) is 0 Å². The maximum Gasteiger partial charge on any atom is 0.228 e. The number of aromatic nitrogens is 2. The van der Waals surface area contributed by atoms with Crippen molar-refractivity contribution in [3.8, 4) is 6.07 Å². The van der Waals surface area contributed by atoms with Gasteiger partial charge in [0.15, 0.2) is 5.82 Å². The van der Waals surface area contributed by atoms with Crippen LogP contribution in [0, 0.1) is 17.2 Å². The first kappa shape index (κ1) is 12.3. The molecule has 0 radical (unpaired) electrons. The number of carbonyl (C=O) groups is 1. The van der Waals surface area contributed by atoms with Crippen molar-refractivity contribution >= 4 is 11.7 Å². The van der Waals surface area contributed by atoms with Gasteiger partial charge in [-0.15, -0.1) is 6.58 Å². The van der Waals surface area contributed by atoms with Gasteiger partial charge < -0.3 is 5.11 Å². The lowest BCUT2D eigenvalue weighted by Crippen LogP contribution is -2.28. The minimum atomic E-state index is -0.0908. The van der Waals surface area contributed by atoms with E-state index < -0.39 is 0 Å². The Kier molecular flexibility index (Phi) is 3.44. The molecule has 1 atom stereocenters. The summed E-state index contributed by atoms with van der Waals surface area (Å²) in [4.78, 5) is 13.5. The number of nitriles is 1. The second kappa shape index (κ2) is 5.02. The molecule has 0 spiro atoms. The molecule has 1 fully saturated rings. The van der Waals surface area contributed by atoms with E-state index in [-0.39, 0.29) is 25.0 Å². The lowest BCUT2D eigenvalue weighted by Gasteiger charge is -2.17. The number of nitrogens with zero attached hydrogens (tertiary/aromatic N) is 4. The van der Waals surface area contributed by atoms with Crippen molar-refractivity contribution in [1.82, 2.24) is 9.78 Å². The van der Waals surface area contributed by atoms with Crippen molar-refractivity contribution in [2.24, 2.45) is 5.92 Å². The van der Waals surface area contributed by atoms with E-state index in [2.05, 4.69) is 11.7 Å². The zero-order valence-corrected chi connectivity index (χ0v) is 9.91. The van der Waals surface area contributed by atoms with Crippen LogP contribution in [0.4, 0.5) is 5.82 Å². The predicted molar refractivity (Wildman–Crippen MR) is 64.7 cm³/mol. The quantitative estimate of drug-likeness (QED) is 0.774. The van der Waals surface area contributed by atoms with Gasteiger partial charge in [-0.2, -0.15) is 10.4 Å². The van der Waals surface area contributed by atoms with Gasteiger partial charge in [0.2, 0.25) is 5.91 Å². The molecule has 1 unspecified atom stereocenters. The van der Waals surface area contributed by atoms with Crippen molar-refractivity contribution in [3.05, 3.63) is 24.4 Å². The second-order valence-electron chi connectivity index (χ2n) is 4.14. The van der Waals surface area contributed by atoms with Crippen molar-refractivity contribution in [2.45, 2.75) is 13.0 Å². The van der Waals surface area contributed by atoms with E-state index in [4.69, 9.17) is 10.4 Å². The average Bonchev–Trinajstić information content (AvgIpc) is 2.92. The Balaban J connectivity index is 2.37. The van der Waals surface area contributed by atoms with Gasteiger partial charge >= 0.3 is 0 Å². The number of hydrogen-bond donors (Lipinski definition) is 1. The van der Waals surface area contributed by atoms with Gasteiger partial charge in [-0.3, -0.25) is 9.69 Å². The summed E-state index contributed by atoms with van der Waals surface area (Å²) in [6.45, 7) is 4.37. The third-order valence-corrected chi connectivity index (χ3v) is 2.99. The Bertz CT molecular complexity index is 515. The maximum atomic E-state index is 11.9. The Morgan fingerprint density at radius 2 is 2.50 bits per heavy atom. The van der Waals surface area contributed by atoms with E-state index >= 15 is 0 Å². The number of anilines is 1. The highest BCUT2D eigenvalue weighted by Crippen LogP contribution is 2.28. The summed E-state index contributed by atoms with van der Waals surface area (Å²) in [7, 11) is 0. The summed E-state index contributed by atoms with van der Waals surface area (Å²) in [6.07, 6.45) is 3.56. The first-order valence-electron chi connectivity index (χ1n) is 5.71. The maximum absolute atomic E-state index is 11.9. The molecule has 1 aromatic heterocycles. The molecular formula is C12H14N4O2. The number of rotatable bonds is 4. The molecule has 0 bridgehead atoms. The molecule has 6 heteroatoms. The monoisotopic (exact) mass is 246 g/mol. The first-order chi connectivity index (χ1) is 8.71. The predicted octanol–water partition coefficient (Wildman–Crippen LogP) is 0.286. The molecule has 0 saturated carbocycles. The molecule has 2 heterocycles. The lowest BCUT2D eigenvalue weighted by molar-refractivity contribution is -0.117. The summed E-state index contributed by atoms with van der Waals surface area (Å²) in [5.41, 5.74) is 0.349. The Labute approximate surface area is 105 Å². The number of amides is 1. The minimum Gasteiger partial charge on any atom is -0.394 e. The van der Waals surface area contributed by atoms with Crippen molar-refractivity contribution < 1.29 is 9.90 Å². The summed E-state index contributed by atoms with van der Waals surface area (Å²) < 4.78 is 1.49. The smallest absolute Gasteiger partial charge is 0.228 e. The average molecular weight is 246 g/mol. The van der Waals surface area contributed by atoms with Gasteiger partial charge in [-0.05, 0) is 0 Å². The van der Waals surface area contributed by atoms with Crippen molar-refractivity contribution in [1.29, 1.82) is 5.26 Å². The van der Waals surface area contributed by atoms with Crippen LogP contribution in [0.15, 0.2) is 18.9 Å². The van der Waals surface area contributed by atoms with Crippen LogP contribution in [0.3, 0.4) is 0 Å². The van der Waals surface area contributed by atoms with Gasteiger partial charge in [-0.25, -0.2) is 4.68 Å². The first-order valence-corrected chi connectivity index (χ1v) is 5.71. The SMILES string of the molecule is C=CC1CC(=O)N(c2c(C#N)cnn2CCO)C1. The third kappa shape index (κ3) is 2.00. The molecule has 1 saturated heterocycles. The van der Waals surface area contributed by atoms with Gasteiger partial charge in [0, 0.05) is 18.9 Å². The largest absolute Gasteiger partial charge is 0.394 e. The van der Waals surface area contributed by atoms with Gasteiger partial charge in [0.25, 0.3) is 0 Å². The lowest BCUT2D eigenvalue weighted by atomic mass is 10.1. The topological polar surface area (TPSA) is 82.2 Å². The molecule has 94 valence electrons. The van der Waals surface area contributed by atoms with E-state index in [1.807, 2.05) is 6.07 Å². The minimum absolute atomic E-state index is 0.0453. The van der Waals surface area contributed by atoms with E-state index in [1.165, 1.54) is 10.9 Å². The summed E-state index contributed by atoms with van der Waals surface area (Å²) in [5.74, 6) is 0.526. The molecule has 1 aromatic rings. The Hall–Kier alpha value is -2.13. The van der Waals surface area contributed by atoms with Crippen molar-refractivity contribution in [3.63, 3.8) is 0 Å². The molecule has 0 aromatic carbocycles. The molecule has 1 aliphatic rings. The molecule has 0 aliphatic carbocycles. The highest BCUT2D eigenvalue weighted by molar-refractivity contribution is 5.96. The fourth-order valence-corrected chi connectivity index (χ4v) is 2.10. The zero-order valence-electron chi connectivity index (χ0n) is 9.91. The van der Waals surface area contributed by atoms with E-state index in [9.17, 15) is 4.79 Å². The fraction of sp³-hybridized carbons (Fsp3) is 0.417. The van der Waals surface area contributed by atoms with Crippen LogP contribution >= 0.6 is 0 Å². The van der Waals surface area contributed by atoms with Gasteiger partial charge in [-0.1, -0.05) is 6.08 Å². The molecule has 1 N–H and O–H groups in total. The van der Waals surface area contributed by atoms with Crippen molar-refractivity contribution in [2.75, 3.05) is 18.1 Å². The summed E-state index contributed by atoms with van der Waals surface area (Å²) in [5, 5.41) is 22.0. The van der Waals surface area contributed by atoms with Gasteiger partial charge in [0.05, 0.1) is 19.3 Å². The molecule has 6 nitrogen and oxygen atoms in total. The molecule has 18 heavy (non-hydrogen) atoms. The van der Waals surface area contributed by atoms with Crippen LogP contribution in [-0.4, -0.2) is 33.9 Å². The molecular weight excluding hydrogens is 232 g/mol. The van der Waals surface area contributed by atoms with E-state index in [0.29, 0.717) is 24.3 Å². The molecule has 2 rings (SSSR count). The van der Waals surface area contributed by atoms with Crippen LogP contribution in [0.5, 0.6) is 0 Å². The number of aliphatic hydroxyl groups is 1. The second-order valence-corrected chi connectivity index (χ2v) is 4.14. The fourth-order valence-electron chi connectivity index (χ4n) is 2.10. The van der Waals surface area contributed by atoms with E-state index in [0.717, 1.165) is 0 Å². The van der Waals surface area contributed by atoms with Crippen LogP contribution in [0.25, 0.3) is 0 Å². The van der Waals surface area contributed by atoms with Crippen LogP contribution < -0.4 is 4.90 Å².